The zero-order valence-corrected chi connectivity index (χ0v) is 23.0. The lowest BCUT2D eigenvalue weighted by Crippen LogP contribution is -2.45. The minimum absolute atomic E-state index is 0.0756. The van der Waals surface area contributed by atoms with E-state index in [1.165, 1.54) is 0 Å². The van der Waals surface area contributed by atoms with E-state index in [2.05, 4.69) is 50.8 Å². The van der Waals surface area contributed by atoms with Gasteiger partial charge in [-0.25, -0.2) is 9.97 Å². The van der Waals surface area contributed by atoms with Crippen molar-refractivity contribution in [2.45, 2.75) is 64.4 Å². The molecular formula is C26H35ClN4O3Si. The molecule has 2 heterocycles. The molecule has 0 aliphatic heterocycles. The molecule has 3 rings (SSSR count). The quantitative estimate of drug-likeness (QED) is 0.260. The van der Waals surface area contributed by atoms with Gasteiger partial charge in [0.15, 0.2) is 8.32 Å². The van der Waals surface area contributed by atoms with Crippen LogP contribution >= 0.6 is 11.6 Å². The standard InChI is InChI=1S/C26H35ClN4O3Si/c1-18(34-35(5,6)26(2,3)4)23(31-16-22(25(28)32)30-17-31)12-13-33-21-9-7-8-19(14-21)20-10-11-24(27)29-15-20/h7-11,14-18,23H,12-13H2,1-6H3,(H2,28,32)/t18-,23+/m0/s1. The first kappa shape index (κ1) is 26.9. The number of halogens is 1. The van der Waals surface area contributed by atoms with Crippen LogP contribution in [0.3, 0.4) is 0 Å². The summed E-state index contributed by atoms with van der Waals surface area (Å²) < 4.78 is 14.7. The predicted molar refractivity (Wildman–Crippen MR) is 142 cm³/mol. The van der Waals surface area contributed by atoms with Crippen molar-refractivity contribution in [3.8, 4) is 16.9 Å². The van der Waals surface area contributed by atoms with Crippen LogP contribution in [-0.2, 0) is 4.43 Å². The number of ether oxygens (including phenoxy) is 1. The van der Waals surface area contributed by atoms with E-state index >= 15 is 0 Å². The van der Waals surface area contributed by atoms with Crippen LogP contribution in [0, 0.1) is 0 Å². The Labute approximate surface area is 213 Å². The summed E-state index contributed by atoms with van der Waals surface area (Å²) >= 11 is 5.91. The molecule has 0 radical (unpaired) electrons. The minimum atomic E-state index is -2.01. The highest BCUT2D eigenvalue weighted by molar-refractivity contribution is 6.74. The van der Waals surface area contributed by atoms with Gasteiger partial charge in [-0.2, -0.15) is 0 Å². The second-order valence-corrected chi connectivity index (χ2v) is 15.4. The van der Waals surface area contributed by atoms with Gasteiger partial charge in [-0.15, -0.1) is 0 Å². The van der Waals surface area contributed by atoms with Gasteiger partial charge in [0.2, 0.25) is 0 Å². The third kappa shape index (κ3) is 6.93. The summed E-state index contributed by atoms with van der Waals surface area (Å²) in [7, 11) is -2.01. The number of aromatic nitrogens is 3. The number of pyridine rings is 1. The number of carbonyl (C=O) groups excluding carboxylic acids is 1. The zero-order valence-electron chi connectivity index (χ0n) is 21.3. The molecule has 0 saturated heterocycles. The fourth-order valence-electron chi connectivity index (χ4n) is 3.60. The first-order valence-electron chi connectivity index (χ1n) is 11.7. The molecule has 3 aromatic rings. The van der Waals surface area contributed by atoms with Crippen LogP contribution in [0.2, 0.25) is 23.3 Å². The van der Waals surface area contributed by atoms with E-state index < -0.39 is 14.2 Å². The van der Waals surface area contributed by atoms with Crippen LogP contribution in [0.15, 0.2) is 55.1 Å². The summed E-state index contributed by atoms with van der Waals surface area (Å²) in [4.78, 5) is 19.9. The fourth-order valence-corrected chi connectivity index (χ4v) is 5.15. The highest BCUT2D eigenvalue weighted by Crippen LogP contribution is 2.39. The van der Waals surface area contributed by atoms with E-state index in [9.17, 15) is 4.79 Å². The molecule has 0 fully saturated rings. The molecule has 2 aromatic heterocycles. The number of carbonyl (C=O) groups is 1. The molecule has 1 aromatic carbocycles. The number of nitrogens with two attached hydrogens (primary N) is 1. The van der Waals surface area contributed by atoms with E-state index in [1.54, 1.807) is 24.8 Å². The van der Waals surface area contributed by atoms with Crippen molar-refractivity contribution in [3.63, 3.8) is 0 Å². The second kappa shape index (κ2) is 10.9. The molecular weight excluding hydrogens is 480 g/mol. The highest BCUT2D eigenvalue weighted by Gasteiger charge is 2.40. The van der Waals surface area contributed by atoms with Crippen molar-refractivity contribution in [3.05, 3.63) is 66.0 Å². The van der Waals surface area contributed by atoms with Gasteiger partial charge in [0.05, 0.1) is 25.1 Å². The number of primary amides is 1. The van der Waals surface area contributed by atoms with E-state index in [1.807, 2.05) is 34.9 Å². The number of hydrogen-bond acceptors (Lipinski definition) is 5. The molecule has 2 atom stereocenters. The van der Waals surface area contributed by atoms with E-state index in [0.717, 1.165) is 16.9 Å². The van der Waals surface area contributed by atoms with Gasteiger partial charge in [0.1, 0.15) is 16.6 Å². The Hall–Kier alpha value is -2.68. The van der Waals surface area contributed by atoms with Gasteiger partial charge in [-0.05, 0) is 54.9 Å². The van der Waals surface area contributed by atoms with Crippen LogP contribution in [0.25, 0.3) is 11.1 Å². The number of amides is 1. The number of benzene rings is 1. The predicted octanol–water partition coefficient (Wildman–Crippen LogP) is 6.12. The lowest BCUT2D eigenvalue weighted by Gasteiger charge is -2.40. The molecule has 2 N–H and O–H groups in total. The lowest BCUT2D eigenvalue weighted by molar-refractivity contribution is 0.0994. The SMILES string of the molecule is C[C@H](O[Si](C)(C)C(C)(C)C)[C@@H](CCOc1cccc(-c2ccc(Cl)nc2)c1)n1cnc(C(N)=O)c1. The van der Waals surface area contributed by atoms with Crippen molar-refractivity contribution in [1.82, 2.24) is 14.5 Å². The Morgan fingerprint density at radius 2 is 1.91 bits per heavy atom. The van der Waals surface area contributed by atoms with Crippen LogP contribution in [0.1, 0.15) is 50.6 Å². The van der Waals surface area contributed by atoms with Crippen LogP contribution in [0.5, 0.6) is 5.75 Å². The molecule has 0 unspecified atom stereocenters. The molecule has 0 aliphatic carbocycles. The second-order valence-electron chi connectivity index (χ2n) is 10.3. The van der Waals surface area contributed by atoms with Crippen molar-refractivity contribution in [1.29, 1.82) is 0 Å². The number of imidazole rings is 1. The van der Waals surface area contributed by atoms with Crippen molar-refractivity contribution >= 4 is 25.8 Å². The molecule has 0 aliphatic rings. The van der Waals surface area contributed by atoms with Gasteiger partial charge in [-0.3, -0.25) is 4.79 Å². The molecule has 9 heteroatoms. The Balaban J connectivity index is 1.75. The molecule has 35 heavy (non-hydrogen) atoms. The maximum absolute atomic E-state index is 11.6. The van der Waals surface area contributed by atoms with Gasteiger partial charge in [0, 0.05) is 24.4 Å². The Bertz CT molecular complexity index is 1140. The first-order chi connectivity index (χ1) is 16.4. The van der Waals surface area contributed by atoms with Crippen LogP contribution < -0.4 is 10.5 Å². The average molecular weight is 515 g/mol. The normalized spacial score (nSPS) is 13.9. The van der Waals surface area contributed by atoms with Gasteiger partial charge < -0.3 is 19.5 Å². The first-order valence-corrected chi connectivity index (χ1v) is 15.0. The van der Waals surface area contributed by atoms with E-state index in [-0.39, 0.29) is 22.9 Å². The number of hydrogen-bond donors (Lipinski definition) is 1. The Kier molecular flexibility index (Phi) is 8.40. The van der Waals surface area contributed by atoms with Gasteiger partial charge >= 0.3 is 0 Å². The third-order valence-corrected chi connectivity index (χ3v) is 11.4. The topological polar surface area (TPSA) is 92.3 Å². The van der Waals surface area contributed by atoms with E-state index in [0.29, 0.717) is 18.2 Å². The summed E-state index contributed by atoms with van der Waals surface area (Å²) in [5.74, 6) is 0.211. The molecule has 7 nitrogen and oxygen atoms in total. The monoisotopic (exact) mass is 514 g/mol. The number of nitrogens with zero attached hydrogens (tertiary/aromatic N) is 3. The van der Waals surface area contributed by atoms with Crippen molar-refractivity contribution in [2.75, 3.05) is 6.61 Å². The summed E-state index contributed by atoms with van der Waals surface area (Å²) in [5, 5.41) is 0.535. The Morgan fingerprint density at radius 3 is 2.51 bits per heavy atom. The lowest BCUT2D eigenvalue weighted by atomic mass is 10.1. The molecule has 0 spiro atoms. The maximum atomic E-state index is 11.6. The summed E-state index contributed by atoms with van der Waals surface area (Å²) in [6.45, 7) is 13.7. The maximum Gasteiger partial charge on any atom is 0.268 e. The molecule has 188 valence electrons. The van der Waals surface area contributed by atoms with E-state index in [4.69, 9.17) is 26.5 Å². The van der Waals surface area contributed by atoms with Crippen molar-refractivity contribution < 1.29 is 14.0 Å². The fraction of sp³-hybridized carbons (Fsp3) is 0.423. The van der Waals surface area contributed by atoms with Gasteiger partial charge in [-0.1, -0.05) is 44.5 Å². The average Bonchev–Trinajstić information content (AvgIpc) is 3.26. The summed E-state index contributed by atoms with van der Waals surface area (Å²) in [5.41, 5.74) is 7.63. The third-order valence-electron chi connectivity index (χ3n) is 6.64. The number of rotatable bonds is 10. The molecule has 1 amide bonds. The zero-order chi connectivity index (χ0) is 25.8. The summed E-state index contributed by atoms with van der Waals surface area (Å²) in [6, 6.07) is 11.5. The minimum Gasteiger partial charge on any atom is -0.493 e. The molecule has 0 saturated carbocycles. The Morgan fingerprint density at radius 1 is 1.17 bits per heavy atom. The smallest absolute Gasteiger partial charge is 0.268 e. The largest absolute Gasteiger partial charge is 0.493 e. The van der Waals surface area contributed by atoms with Crippen molar-refractivity contribution in [2.24, 2.45) is 5.73 Å². The highest BCUT2D eigenvalue weighted by atomic mass is 35.5. The summed E-state index contributed by atoms with van der Waals surface area (Å²) in [6.07, 6.45) is 5.63. The van der Waals surface area contributed by atoms with Crippen LogP contribution in [-0.4, -0.2) is 41.5 Å². The van der Waals surface area contributed by atoms with Gasteiger partial charge in [0.25, 0.3) is 5.91 Å². The molecule has 0 bridgehead atoms. The van der Waals surface area contributed by atoms with Crippen LogP contribution in [0.4, 0.5) is 0 Å².